The maximum absolute atomic E-state index is 11.7. The van der Waals surface area contributed by atoms with Crippen molar-refractivity contribution in [3.05, 3.63) is 48.0 Å². The zero-order valence-corrected chi connectivity index (χ0v) is 12.3. The van der Waals surface area contributed by atoms with Crippen molar-refractivity contribution in [2.75, 3.05) is 6.61 Å². The molecule has 1 aliphatic rings. The number of phosphoric ester groups is 1. The molecule has 0 saturated carbocycles. The summed E-state index contributed by atoms with van der Waals surface area (Å²) >= 11 is 0. The number of fused-ring (bicyclic) bond motifs is 1. The molecule has 0 aromatic heterocycles. The molecule has 1 fully saturated rings. The Hall–Kier alpha value is -1.19. The van der Waals surface area contributed by atoms with Gasteiger partial charge in [-0.15, -0.1) is 0 Å². The van der Waals surface area contributed by atoms with E-state index >= 15 is 0 Å². The van der Waals surface area contributed by atoms with Crippen LogP contribution in [0, 0.1) is 5.41 Å². The Morgan fingerprint density at radius 3 is 2.65 bits per heavy atom. The molecule has 4 nitrogen and oxygen atoms in total. The molecule has 1 N–H and O–H groups in total. The zero-order chi connectivity index (χ0) is 14.4. The standard InChI is InChI=1S/C15H17O4P/c1-15(2)10-18-20(16,17)19-14(15)13-8-7-11-5-3-4-6-12(11)9-13/h3-9,14H,10H2,1-2H3,(H,16,17). The minimum absolute atomic E-state index is 0.193. The van der Waals surface area contributed by atoms with E-state index in [9.17, 15) is 9.46 Å². The molecule has 1 saturated heterocycles. The summed E-state index contributed by atoms with van der Waals surface area (Å²) in [5.74, 6) is 0. The lowest BCUT2D eigenvalue weighted by molar-refractivity contribution is -0.0472. The van der Waals surface area contributed by atoms with Crippen LogP contribution < -0.4 is 0 Å². The fourth-order valence-electron chi connectivity index (χ4n) is 2.51. The maximum Gasteiger partial charge on any atom is 0.472 e. The van der Waals surface area contributed by atoms with Gasteiger partial charge in [-0.2, -0.15) is 0 Å². The lowest BCUT2D eigenvalue weighted by Crippen LogP contribution is -2.33. The molecule has 1 heterocycles. The van der Waals surface area contributed by atoms with Crippen LogP contribution >= 0.6 is 7.82 Å². The summed E-state index contributed by atoms with van der Waals surface area (Å²) in [6.07, 6.45) is -0.461. The van der Waals surface area contributed by atoms with E-state index in [0.29, 0.717) is 0 Å². The van der Waals surface area contributed by atoms with Gasteiger partial charge in [0.1, 0.15) is 6.10 Å². The van der Waals surface area contributed by atoms with E-state index in [-0.39, 0.29) is 12.0 Å². The van der Waals surface area contributed by atoms with Gasteiger partial charge in [-0.1, -0.05) is 50.2 Å². The van der Waals surface area contributed by atoms with Crippen LogP contribution in [0.15, 0.2) is 42.5 Å². The Balaban J connectivity index is 2.05. The first kappa shape index (κ1) is 13.8. The van der Waals surface area contributed by atoms with Gasteiger partial charge in [-0.05, 0) is 22.4 Å². The predicted octanol–water partition coefficient (Wildman–Crippen LogP) is 4.05. The topological polar surface area (TPSA) is 55.8 Å². The Morgan fingerprint density at radius 2 is 1.90 bits per heavy atom. The SMILES string of the molecule is CC1(C)COP(=O)(O)OC1c1ccc2ccccc2c1. The first-order valence-corrected chi connectivity index (χ1v) is 8.01. The van der Waals surface area contributed by atoms with Gasteiger partial charge in [0, 0.05) is 5.41 Å². The molecule has 0 aliphatic carbocycles. The van der Waals surface area contributed by atoms with Gasteiger partial charge in [-0.3, -0.25) is 9.05 Å². The second-order valence-electron chi connectivity index (χ2n) is 5.82. The molecule has 106 valence electrons. The molecule has 20 heavy (non-hydrogen) atoms. The smallest absolute Gasteiger partial charge is 0.302 e. The number of benzene rings is 2. The zero-order valence-electron chi connectivity index (χ0n) is 11.4. The van der Waals surface area contributed by atoms with Crippen molar-refractivity contribution in [1.82, 2.24) is 0 Å². The van der Waals surface area contributed by atoms with Crippen molar-refractivity contribution in [3.8, 4) is 0 Å². The summed E-state index contributed by atoms with van der Waals surface area (Å²) in [6, 6.07) is 14.0. The molecule has 3 rings (SSSR count). The van der Waals surface area contributed by atoms with Gasteiger partial charge < -0.3 is 4.89 Å². The summed E-state index contributed by atoms with van der Waals surface area (Å²) in [5, 5.41) is 2.22. The van der Waals surface area contributed by atoms with Crippen molar-refractivity contribution < 1.29 is 18.5 Å². The summed E-state index contributed by atoms with van der Waals surface area (Å²) in [7, 11) is -3.95. The highest BCUT2D eigenvalue weighted by molar-refractivity contribution is 7.47. The van der Waals surface area contributed by atoms with E-state index in [2.05, 4.69) is 0 Å². The van der Waals surface area contributed by atoms with E-state index in [4.69, 9.17) is 9.05 Å². The lowest BCUT2D eigenvalue weighted by Gasteiger charge is -2.39. The van der Waals surface area contributed by atoms with Crippen LogP contribution in [0.1, 0.15) is 25.5 Å². The number of hydrogen-bond donors (Lipinski definition) is 1. The van der Waals surface area contributed by atoms with E-state index in [1.165, 1.54) is 0 Å². The molecule has 0 bridgehead atoms. The fraction of sp³-hybridized carbons (Fsp3) is 0.333. The second kappa shape index (κ2) is 4.68. The van der Waals surface area contributed by atoms with Crippen LogP contribution in [-0.2, 0) is 13.6 Å². The van der Waals surface area contributed by atoms with Gasteiger partial charge in [0.2, 0.25) is 0 Å². The monoisotopic (exact) mass is 292 g/mol. The summed E-state index contributed by atoms with van der Waals surface area (Å²) in [6.45, 7) is 4.12. The van der Waals surface area contributed by atoms with Crippen LogP contribution in [0.3, 0.4) is 0 Å². The third kappa shape index (κ3) is 2.52. The lowest BCUT2D eigenvalue weighted by atomic mass is 9.83. The molecule has 0 amide bonds. The third-order valence-electron chi connectivity index (χ3n) is 3.62. The Labute approximate surface area is 118 Å². The minimum Gasteiger partial charge on any atom is -0.302 e. The van der Waals surface area contributed by atoms with Crippen molar-refractivity contribution in [3.63, 3.8) is 0 Å². The molecule has 1 aliphatic heterocycles. The normalized spacial score (nSPS) is 29.4. The van der Waals surface area contributed by atoms with Crippen LogP contribution in [0.25, 0.3) is 10.8 Å². The van der Waals surface area contributed by atoms with Crippen LogP contribution in [0.5, 0.6) is 0 Å². The fourth-order valence-corrected chi connectivity index (χ4v) is 3.74. The van der Waals surface area contributed by atoms with Gasteiger partial charge in [-0.25, -0.2) is 4.57 Å². The van der Waals surface area contributed by atoms with Crippen molar-refractivity contribution in [1.29, 1.82) is 0 Å². The summed E-state index contributed by atoms with van der Waals surface area (Å²) < 4.78 is 21.9. The summed E-state index contributed by atoms with van der Waals surface area (Å²) in [4.78, 5) is 9.56. The molecule has 2 aromatic rings. The van der Waals surface area contributed by atoms with Crippen LogP contribution in [0.4, 0.5) is 0 Å². The largest absolute Gasteiger partial charge is 0.472 e. The first-order valence-electron chi connectivity index (χ1n) is 6.52. The average molecular weight is 292 g/mol. The van der Waals surface area contributed by atoms with E-state index in [1.807, 2.05) is 56.3 Å². The van der Waals surface area contributed by atoms with Gasteiger partial charge in [0.25, 0.3) is 0 Å². The molecule has 2 aromatic carbocycles. The Morgan fingerprint density at radius 1 is 1.20 bits per heavy atom. The predicted molar refractivity (Wildman–Crippen MR) is 77.3 cm³/mol. The van der Waals surface area contributed by atoms with E-state index < -0.39 is 13.9 Å². The molecule has 2 atom stereocenters. The van der Waals surface area contributed by atoms with Gasteiger partial charge in [0.15, 0.2) is 0 Å². The van der Waals surface area contributed by atoms with E-state index in [1.54, 1.807) is 0 Å². The highest BCUT2D eigenvalue weighted by Gasteiger charge is 2.44. The van der Waals surface area contributed by atoms with Gasteiger partial charge in [0.05, 0.1) is 6.61 Å². The molecular weight excluding hydrogens is 275 g/mol. The quantitative estimate of drug-likeness (QED) is 0.805. The van der Waals surface area contributed by atoms with Crippen molar-refractivity contribution in [2.24, 2.45) is 5.41 Å². The molecule has 5 heteroatoms. The van der Waals surface area contributed by atoms with Crippen LogP contribution in [-0.4, -0.2) is 11.5 Å². The number of hydrogen-bond acceptors (Lipinski definition) is 3. The first-order chi connectivity index (χ1) is 9.37. The second-order valence-corrected chi connectivity index (χ2v) is 7.23. The van der Waals surface area contributed by atoms with E-state index in [0.717, 1.165) is 16.3 Å². The average Bonchev–Trinajstić information content (AvgIpc) is 2.41. The van der Waals surface area contributed by atoms with Crippen molar-refractivity contribution >= 4 is 18.6 Å². The molecular formula is C15H17O4P. The molecule has 0 radical (unpaired) electrons. The number of phosphoric acid groups is 1. The highest BCUT2D eigenvalue weighted by Crippen LogP contribution is 2.58. The summed E-state index contributed by atoms with van der Waals surface area (Å²) in [5.41, 5.74) is 0.533. The minimum atomic E-state index is -3.95. The maximum atomic E-state index is 11.7. The molecule has 2 unspecified atom stereocenters. The highest BCUT2D eigenvalue weighted by atomic mass is 31.2. The Kier molecular flexibility index (Phi) is 3.22. The Bertz CT molecular complexity index is 695. The van der Waals surface area contributed by atoms with Crippen molar-refractivity contribution in [2.45, 2.75) is 20.0 Å². The third-order valence-corrected chi connectivity index (χ3v) is 4.56. The van der Waals surface area contributed by atoms with Gasteiger partial charge >= 0.3 is 7.82 Å². The molecule has 0 spiro atoms. The number of rotatable bonds is 1. The van der Waals surface area contributed by atoms with Crippen LogP contribution in [0.2, 0.25) is 0 Å².